The van der Waals surface area contributed by atoms with Gasteiger partial charge < -0.3 is 10.6 Å². The van der Waals surface area contributed by atoms with Crippen molar-refractivity contribution >= 4 is 5.91 Å². The average Bonchev–Trinajstić information content (AvgIpc) is 2.14. The largest absolute Gasteiger partial charge is 0.390 e. The zero-order valence-corrected chi connectivity index (χ0v) is 10.2. The van der Waals surface area contributed by atoms with Crippen molar-refractivity contribution in [3.05, 3.63) is 0 Å². The number of nitrogens with one attached hydrogen (secondary N) is 2. The first kappa shape index (κ1) is 14.3. The van der Waals surface area contributed by atoms with Gasteiger partial charge in [-0.3, -0.25) is 4.79 Å². The van der Waals surface area contributed by atoms with Gasteiger partial charge in [0.2, 0.25) is 5.91 Å². The smallest absolute Gasteiger partial charge is 0.354 e. The normalized spacial score (nSPS) is 24.4. The lowest BCUT2D eigenvalue weighted by Crippen LogP contribution is -2.55. The maximum Gasteiger partial charge on any atom is 0.390 e. The number of piperidine rings is 1. The molecule has 1 fully saturated rings. The predicted molar refractivity (Wildman–Crippen MR) is 58.5 cm³/mol. The van der Waals surface area contributed by atoms with Gasteiger partial charge in [-0.05, 0) is 24.8 Å². The van der Waals surface area contributed by atoms with E-state index in [1.165, 1.54) is 0 Å². The van der Waals surface area contributed by atoms with E-state index in [0.717, 1.165) is 19.4 Å². The van der Waals surface area contributed by atoms with Gasteiger partial charge in [0, 0.05) is 6.54 Å². The molecule has 1 saturated heterocycles. The number of hydrogen-bond donors (Lipinski definition) is 2. The molecule has 0 aromatic rings. The van der Waals surface area contributed by atoms with Crippen molar-refractivity contribution in [2.75, 3.05) is 13.1 Å². The summed E-state index contributed by atoms with van der Waals surface area (Å²) in [5, 5.41) is 5.41. The van der Waals surface area contributed by atoms with Crippen LogP contribution < -0.4 is 10.6 Å². The Kier molecular flexibility index (Phi) is 4.41. The molecule has 1 amide bonds. The van der Waals surface area contributed by atoms with Gasteiger partial charge in [-0.2, -0.15) is 13.2 Å². The molecule has 17 heavy (non-hydrogen) atoms. The van der Waals surface area contributed by atoms with Crippen LogP contribution in [0, 0.1) is 5.41 Å². The Morgan fingerprint density at radius 1 is 1.47 bits per heavy atom. The summed E-state index contributed by atoms with van der Waals surface area (Å²) in [6.07, 6.45) is -3.31. The third-order valence-electron chi connectivity index (χ3n) is 3.10. The highest BCUT2D eigenvalue weighted by atomic mass is 19.4. The molecule has 0 bridgehead atoms. The van der Waals surface area contributed by atoms with Crippen LogP contribution >= 0.6 is 0 Å². The molecule has 1 heterocycles. The summed E-state index contributed by atoms with van der Waals surface area (Å²) in [5.74, 6) is -0.334. The van der Waals surface area contributed by atoms with Crippen molar-refractivity contribution in [2.24, 2.45) is 5.41 Å². The van der Waals surface area contributed by atoms with Gasteiger partial charge in [0.05, 0.1) is 12.5 Å². The highest BCUT2D eigenvalue weighted by Crippen LogP contribution is 2.30. The molecule has 6 heteroatoms. The van der Waals surface area contributed by atoms with Crippen LogP contribution in [0.15, 0.2) is 0 Å². The van der Waals surface area contributed by atoms with Crippen LogP contribution in [0.4, 0.5) is 13.2 Å². The molecule has 100 valence electrons. The number of carbonyl (C=O) groups excluding carboxylic acids is 1. The maximum atomic E-state index is 11.9. The Balaban J connectivity index is 2.41. The lowest BCUT2D eigenvalue weighted by atomic mass is 9.77. The predicted octanol–water partition coefficient (Wildman–Crippen LogP) is 1.83. The molecule has 1 aliphatic heterocycles. The Morgan fingerprint density at radius 3 is 2.65 bits per heavy atom. The van der Waals surface area contributed by atoms with Crippen LogP contribution in [0.1, 0.15) is 33.1 Å². The number of alkyl halides is 3. The SMILES string of the molecule is CC1(C)CCCNC1C(=O)NCCC(F)(F)F. The molecule has 1 atom stereocenters. The summed E-state index contributed by atoms with van der Waals surface area (Å²) < 4.78 is 35.8. The third kappa shape index (κ3) is 4.53. The molecule has 0 aromatic carbocycles. The zero-order valence-electron chi connectivity index (χ0n) is 10.2. The molecular formula is C11H19F3N2O. The van der Waals surface area contributed by atoms with E-state index in [-0.39, 0.29) is 17.9 Å². The van der Waals surface area contributed by atoms with Crippen molar-refractivity contribution in [1.82, 2.24) is 10.6 Å². The molecule has 1 aliphatic rings. The molecule has 0 spiro atoms. The van der Waals surface area contributed by atoms with E-state index in [1.54, 1.807) is 0 Å². The van der Waals surface area contributed by atoms with Crippen molar-refractivity contribution in [1.29, 1.82) is 0 Å². The summed E-state index contributed by atoms with van der Waals surface area (Å²) in [6, 6.07) is -0.399. The van der Waals surface area contributed by atoms with Crippen LogP contribution in [-0.2, 0) is 4.79 Å². The average molecular weight is 252 g/mol. The first-order chi connectivity index (χ1) is 7.72. The molecule has 3 nitrogen and oxygen atoms in total. The van der Waals surface area contributed by atoms with E-state index in [4.69, 9.17) is 0 Å². The van der Waals surface area contributed by atoms with Crippen molar-refractivity contribution < 1.29 is 18.0 Å². The maximum absolute atomic E-state index is 11.9. The second kappa shape index (κ2) is 5.25. The number of carbonyl (C=O) groups is 1. The standard InChI is InChI=1S/C11H19F3N2O/c1-10(2)4-3-6-15-8(10)9(17)16-7-5-11(12,13)14/h8,15H,3-7H2,1-2H3,(H,16,17). The topological polar surface area (TPSA) is 41.1 Å². The fourth-order valence-electron chi connectivity index (χ4n) is 2.09. The van der Waals surface area contributed by atoms with Gasteiger partial charge in [0.1, 0.15) is 0 Å². The van der Waals surface area contributed by atoms with Crippen molar-refractivity contribution in [3.63, 3.8) is 0 Å². The molecule has 1 rings (SSSR count). The van der Waals surface area contributed by atoms with Gasteiger partial charge in [0.15, 0.2) is 0 Å². The minimum atomic E-state index is -4.22. The lowest BCUT2D eigenvalue weighted by molar-refractivity contribution is -0.137. The monoisotopic (exact) mass is 252 g/mol. The number of amides is 1. The molecule has 0 radical (unpaired) electrons. The number of rotatable bonds is 3. The molecule has 0 aliphatic carbocycles. The Morgan fingerprint density at radius 2 is 2.12 bits per heavy atom. The lowest BCUT2D eigenvalue weighted by Gasteiger charge is -2.38. The Bertz CT molecular complexity index is 276. The molecular weight excluding hydrogens is 233 g/mol. The summed E-state index contributed by atoms with van der Waals surface area (Å²) in [5.41, 5.74) is -0.208. The third-order valence-corrected chi connectivity index (χ3v) is 3.10. The van der Waals surface area contributed by atoms with Crippen LogP contribution in [0.25, 0.3) is 0 Å². The second-order valence-electron chi connectivity index (χ2n) is 5.14. The van der Waals surface area contributed by atoms with E-state index >= 15 is 0 Å². The van der Waals surface area contributed by atoms with Crippen LogP contribution in [0.3, 0.4) is 0 Å². The van der Waals surface area contributed by atoms with Crippen molar-refractivity contribution in [3.8, 4) is 0 Å². The van der Waals surface area contributed by atoms with Gasteiger partial charge in [-0.1, -0.05) is 13.8 Å². The molecule has 0 aromatic heterocycles. The highest BCUT2D eigenvalue weighted by molar-refractivity contribution is 5.82. The highest BCUT2D eigenvalue weighted by Gasteiger charge is 2.37. The van der Waals surface area contributed by atoms with Gasteiger partial charge in [-0.15, -0.1) is 0 Å². The van der Waals surface area contributed by atoms with Gasteiger partial charge >= 0.3 is 6.18 Å². The summed E-state index contributed by atoms with van der Waals surface area (Å²) in [4.78, 5) is 11.8. The van der Waals surface area contributed by atoms with Crippen LogP contribution in [0.5, 0.6) is 0 Å². The van der Waals surface area contributed by atoms with Crippen molar-refractivity contribution in [2.45, 2.75) is 45.3 Å². The molecule has 1 unspecified atom stereocenters. The minimum absolute atomic E-state index is 0.208. The summed E-state index contributed by atoms with van der Waals surface area (Å²) in [6.45, 7) is 4.29. The van der Waals surface area contributed by atoms with Crippen LogP contribution in [-0.4, -0.2) is 31.2 Å². The minimum Gasteiger partial charge on any atom is -0.354 e. The quantitative estimate of drug-likeness (QED) is 0.804. The Hall–Kier alpha value is -0.780. The zero-order chi connectivity index (χ0) is 13.1. The number of halogens is 3. The first-order valence-electron chi connectivity index (χ1n) is 5.80. The van der Waals surface area contributed by atoms with E-state index < -0.39 is 18.6 Å². The van der Waals surface area contributed by atoms with Crippen LogP contribution in [0.2, 0.25) is 0 Å². The van der Waals surface area contributed by atoms with E-state index in [0.29, 0.717) is 0 Å². The van der Waals surface area contributed by atoms with Gasteiger partial charge in [-0.25, -0.2) is 0 Å². The van der Waals surface area contributed by atoms with E-state index in [1.807, 2.05) is 13.8 Å². The fourth-order valence-corrected chi connectivity index (χ4v) is 2.09. The molecule has 0 saturated carbocycles. The summed E-state index contributed by atoms with van der Waals surface area (Å²) >= 11 is 0. The second-order valence-corrected chi connectivity index (χ2v) is 5.14. The fraction of sp³-hybridized carbons (Fsp3) is 0.909. The van der Waals surface area contributed by atoms with E-state index in [2.05, 4.69) is 10.6 Å². The summed E-state index contributed by atoms with van der Waals surface area (Å²) in [7, 11) is 0. The first-order valence-corrected chi connectivity index (χ1v) is 5.80. The molecule has 2 N–H and O–H groups in total. The van der Waals surface area contributed by atoms with E-state index in [9.17, 15) is 18.0 Å². The van der Waals surface area contributed by atoms with Gasteiger partial charge in [0.25, 0.3) is 0 Å². The number of hydrogen-bond acceptors (Lipinski definition) is 2. The Labute approximate surface area is 99.1 Å².